The second-order valence-corrected chi connectivity index (χ2v) is 12.1. The number of ether oxygens (including phenoxy) is 3. The number of aromatic nitrogens is 2. The lowest BCUT2D eigenvalue weighted by molar-refractivity contribution is -0.384. The fourth-order valence-corrected chi connectivity index (χ4v) is 5.33. The number of aromatic amines is 1. The number of imidazole rings is 1. The summed E-state index contributed by atoms with van der Waals surface area (Å²) >= 11 is 6.26. The summed E-state index contributed by atoms with van der Waals surface area (Å²) in [6.07, 6.45) is 5.34. The molecule has 0 aliphatic heterocycles. The van der Waals surface area contributed by atoms with Crippen molar-refractivity contribution < 1.29 is 28.7 Å². The molecule has 2 N–H and O–H groups in total. The number of aryl methyl sites for hydroxylation is 1. The molecule has 11 nitrogen and oxygen atoms in total. The number of halogens is 1. The third kappa shape index (κ3) is 11.4. The molecule has 0 fully saturated rings. The van der Waals surface area contributed by atoms with Gasteiger partial charge in [-0.2, -0.15) is 0 Å². The smallest absolute Gasteiger partial charge is 0.340 e. The molecular weight excluding hydrogens is 648 g/mol. The van der Waals surface area contributed by atoms with Crippen molar-refractivity contribution in [2.45, 2.75) is 78.0 Å². The number of unbranched alkanes of at least 4 members (excludes halogenated alkanes) is 1. The number of carbonyl (C=O) groups excluding carboxylic acids is 2. The molecular formula is C37H43ClN4O7. The molecule has 1 amide bonds. The van der Waals surface area contributed by atoms with Crippen molar-refractivity contribution in [2.75, 3.05) is 13.2 Å². The zero-order valence-corrected chi connectivity index (χ0v) is 28.8. The van der Waals surface area contributed by atoms with Gasteiger partial charge in [0.05, 0.1) is 46.7 Å². The number of hydrogen-bond acceptors (Lipinski definition) is 8. The van der Waals surface area contributed by atoms with Gasteiger partial charge < -0.3 is 24.5 Å². The van der Waals surface area contributed by atoms with Gasteiger partial charge >= 0.3 is 5.97 Å². The largest absolute Gasteiger partial charge is 0.492 e. The number of rotatable bonds is 19. The maximum atomic E-state index is 13.2. The van der Waals surface area contributed by atoms with Gasteiger partial charge in [-0.25, -0.2) is 9.78 Å². The highest BCUT2D eigenvalue weighted by atomic mass is 35.5. The molecule has 12 heteroatoms. The fourth-order valence-electron chi connectivity index (χ4n) is 5.04. The highest BCUT2D eigenvalue weighted by Crippen LogP contribution is 2.26. The summed E-state index contributed by atoms with van der Waals surface area (Å²) < 4.78 is 17.2. The first-order valence-corrected chi connectivity index (χ1v) is 16.9. The van der Waals surface area contributed by atoms with Gasteiger partial charge in [-0.1, -0.05) is 56.5 Å². The van der Waals surface area contributed by atoms with Crippen LogP contribution in [0.2, 0.25) is 5.02 Å². The summed E-state index contributed by atoms with van der Waals surface area (Å²) in [5, 5.41) is 14.7. The van der Waals surface area contributed by atoms with Crippen LogP contribution >= 0.6 is 11.6 Å². The number of nitrogens with one attached hydrogen (secondary N) is 2. The molecule has 0 saturated heterocycles. The van der Waals surface area contributed by atoms with Crippen molar-refractivity contribution in [3.05, 3.63) is 111 Å². The van der Waals surface area contributed by atoms with Crippen LogP contribution < -0.4 is 10.1 Å². The number of carbonyl (C=O) groups is 2. The van der Waals surface area contributed by atoms with Gasteiger partial charge in [-0.05, 0) is 67.3 Å². The Morgan fingerprint density at radius 1 is 1.00 bits per heavy atom. The third-order valence-electron chi connectivity index (χ3n) is 7.76. The topological polar surface area (TPSA) is 146 Å². The quantitative estimate of drug-likeness (QED) is 0.0328. The lowest BCUT2D eigenvalue weighted by Crippen LogP contribution is -2.30. The highest BCUT2D eigenvalue weighted by Gasteiger charge is 2.20. The Balaban J connectivity index is 1.45. The maximum Gasteiger partial charge on any atom is 0.340 e. The van der Waals surface area contributed by atoms with Crippen molar-refractivity contribution in [1.82, 2.24) is 15.3 Å². The molecule has 49 heavy (non-hydrogen) atoms. The number of nitro benzene ring substituents is 1. The molecule has 0 saturated carbocycles. The molecule has 0 aliphatic rings. The molecule has 3 aromatic carbocycles. The number of hydrogen-bond donors (Lipinski definition) is 2. The zero-order valence-electron chi connectivity index (χ0n) is 28.1. The standard InChI is InChI=1S/C37H43ClN4O7/c1-4-6-20-48-36(8-5-2)49-37(44)28-13-11-26(12-14-28)31(41-35(43)9-7-21-47-33-19-10-25(3)22-30(33)38)23-34-39-24-32(40-34)27-15-17-29(18-16-27)42(45)46/h10-19,22,24,31,36H,4-9,20-21,23H2,1-3H3,(H,39,40)(H,41,43). The number of benzene rings is 3. The van der Waals surface area contributed by atoms with E-state index in [2.05, 4.69) is 22.2 Å². The van der Waals surface area contributed by atoms with Crippen LogP contribution in [0.15, 0.2) is 72.9 Å². The first-order chi connectivity index (χ1) is 23.7. The second-order valence-electron chi connectivity index (χ2n) is 11.7. The summed E-state index contributed by atoms with van der Waals surface area (Å²) in [6, 6.07) is 18.2. The van der Waals surface area contributed by atoms with Crippen LogP contribution in [-0.4, -0.2) is 46.3 Å². The minimum atomic E-state index is -0.606. The van der Waals surface area contributed by atoms with E-state index in [1.807, 2.05) is 32.0 Å². The Bertz CT molecular complexity index is 1680. The Kier molecular flexibility index (Phi) is 14.2. The van der Waals surface area contributed by atoms with E-state index in [0.717, 1.165) is 36.0 Å². The van der Waals surface area contributed by atoms with Crippen LogP contribution in [0.1, 0.15) is 85.7 Å². The van der Waals surface area contributed by atoms with Gasteiger partial charge in [0.25, 0.3) is 5.69 Å². The summed E-state index contributed by atoms with van der Waals surface area (Å²) in [5.74, 6) is 0.515. The van der Waals surface area contributed by atoms with E-state index in [1.54, 1.807) is 42.6 Å². The van der Waals surface area contributed by atoms with Crippen LogP contribution in [0.4, 0.5) is 5.69 Å². The maximum absolute atomic E-state index is 13.2. The number of nitro groups is 1. The van der Waals surface area contributed by atoms with Crippen LogP contribution in [0, 0.1) is 17.0 Å². The summed E-state index contributed by atoms with van der Waals surface area (Å²) in [5.41, 5.74) is 3.59. The lowest BCUT2D eigenvalue weighted by atomic mass is 10.0. The second kappa shape index (κ2) is 18.7. The van der Waals surface area contributed by atoms with E-state index < -0.39 is 23.2 Å². The molecule has 260 valence electrons. The molecule has 4 rings (SSSR count). The van der Waals surface area contributed by atoms with Gasteiger partial charge in [0, 0.05) is 37.0 Å². The predicted octanol–water partition coefficient (Wildman–Crippen LogP) is 8.31. The van der Waals surface area contributed by atoms with E-state index in [-0.39, 0.29) is 18.0 Å². The summed E-state index contributed by atoms with van der Waals surface area (Å²) in [6.45, 7) is 6.87. The molecule has 1 aromatic heterocycles. The lowest BCUT2D eigenvalue weighted by Gasteiger charge is -2.20. The molecule has 0 bridgehead atoms. The van der Waals surface area contributed by atoms with Gasteiger partial charge in [0.1, 0.15) is 11.6 Å². The highest BCUT2D eigenvalue weighted by molar-refractivity contribution is 6.32. The SMILES string of the molecule is CCCCOC(CCC)OC(=O)c1ccc(C(Cc2ncc(-c3ccc([N+](=O)[O-])cc3)[nH]2)NC(=O)CCCOc2ccc(C)cc2Cl)cc1. The van der Waals surface area contributed by atoms with Crippen molar-refractivity contribution >= 4 is 29.2 Å². The zero-order chi connectivity index (χ0) is 35.2. The van der Waals surface area contributed by atoms with E-state index in [0.29, 0.717) is 60.3 Å². The molecule has 0 spiro atoms. The first-order valence-electron chi connectivity index (χ1n) is 16.6. The minimum Gasteiger partial charge on any atom is -0.492 e. The molecule has 1 heterocycles. The van der Waals surface area contributed by atoms with E-state index in [4.69, 9.17) is 25.8 Å². The van der Waals surface area contributed by atoms with E-state index in [1.165, 1.54) is 12.1 Å². The summed E-state index contributed by atoms with van der Waals surface area (Å²) in [4.78, 5) is 44.5. The van der Waals surface area contributed by atoms with Crippen molar-refractivity contribution in [3.63, 3.8) is 0 Å². The van der Waals surface area contributed by atoms with Gasteiger partial charge in [0.15, 0.2) is 0 Å². The van der Waals surface area contributed by atoms with Crippen LogP contribution in [0.3, 0.4) is 0 Å². The Morgan fingerprint density at radius 2 is 1.76 bits per heavy atom. The Morgan fingerprint density at radius 3 is 2.43 bits per heavy atom. The number of nitrogens with zero attached hydrogens (tertiary/aromatic N) is 2. The molecule has 0 aliphatic carbocycles. The van der Waals surface area contributed by atoms with Crippen LogP contribution in [0.25, 0.3) is 11.3 Å². The average Bonchev–Trinajstić information content (AvgIpc) is 3.56. The molecule has 2 atom stereocenters. The van der Waals surface area contributed by atoms with Crippen LogP contribution in [0.5, 0.6) is 5.75 Å². The van der Waals surface area contributed by atoms with Gasteiger partial charge in [-0.15, -0.1) is 0 Å². The van der Waals surface area contributed by atoms with E-state index >= 15 is 0 Å². The van der Waals surface area contributed by atoms with E-state index in [9.17, 15) is 19.7 Å². The van der Waals surface area contributed by atoms with Crippen molar-refractivity contribution in [2.24, 2.45) is 0 Å². The number of amides is 1. The third-order valence-corrected chi connectivity index (χ3v) is 8.05. The first kappa shape index (κ1) is 37.1. The van der Waals surface area contributed by atoms with Gasteiger partial charge in [0.2, 0.25) is 12.2 Å². The number of esters is 1. The van der Waals surface area contributed by atoms with Crippen molar-refractivity contribution in [3.8, 4) is 17.0 Å². The number of non-ortho nitro benzene ring substituents is 1. The predicted molar refractivity (Wildman–Crippen MR) is 188 cm³/mol. The average molecular weight is 691 g/mol. The summed E-state index contributed by atoms with van der Waals surface area (Å²) in [7, 11) is 0. The monoisotopic (exact) mass is 690 g/mol. The van der Waals surface area contributed by atoms with Crippen molar-refractivity contribution in [1.29, 1.82) is 0 Å². The minimum absolute atomic E-state index is 0.00383. The van der Waals surface area contributed by atoms with Gasteiger partial charge in [-0.3, -0.25) is 14.9 Å². The Hall–Kier alpha value is -4.74. The molecule has 4 aromatic rings. The normalized spacial score (nSPS) is 12.2. The number of H-pyrrole nitrogens is 1. The molecule has 2 unspecified atom stereocenters. The molecule has 0 radical (unpaired) electrons. The Labute approximate surface area is 291 Å². The fraction of sp³-hybridized carbons (Fsp3) is 0.378. The van der Waals surface area contributed by atoms with Crippen LogP contribution in [-0.2, 0) is 20.7 Å².